The van der Waals surface area contributed by atoms with Crippen LogP contribution in [-0.4, -0.2) is 40.9 Å². The highest BCUT2D eigenvalue weighted by molar-refractivity contribution is 6.20. The Morgan fingerprint density at radius 1 is 1.82 bits per heavy atom. The Bertz CT molecular complexity index is 164. The van der Waals surface area contributed by atoms with Gasteiger partial charge in [-0.1, -0.05) is 11.6 Å². The summed E-state index contributed by atoms with van der Waals surface area (Å²) in [6.07, 6.45) is -0.938. The minimum absolute atomic E-state index is 0.261. The predicted octanol–water partition coefficient (Wildman–Crippen LogP) is 0.950. The predicted molar refractivity (Wildman–Crippen MR) is 39.8 cm³/mol. The van der Waals surface area contributed by atoms with Crippen molar-refractivity contribution in [2.45, 2.75) is 18.5 Å². The van der Waals surface area contributed by atoms with Crippen LogP contribution in [-0.2, 0) is 4.74 Å². The van der Waals surface area contributed by atoms with Gasteiger partial charge in [0.15, 0.2) is 5.56 Å². The van der Waals surface area contributed by atoms with Crippen molar-refractivity contribution in [2.24, 2.45) is 0 Å². The Morgan fingerprint density at radius 3 is 2.91 bits per heavy atom. The Kier molecular flexibility index (Phi) is 2.57. The lowest BCUT2D eigenvalue weighted by molar-refractivity contribution is -0.0154. The normalized spacial score (nSPS) is 32.0. The van der Waals surface area contributed by atoms with Gasteiger partial charge in [-0.05, 0) is 6.92 Å². The molecule has 0 spiro atoms. The van der Waals surface area contributed by atoms with E-state index in [2.05, 4.69) is 0 Å². The van der Waals surface area contributed by atoms with Crippen LogP contribution in [0.1, 0.15) is 6.92 Å². The van der Waals surface area contributed by atoms with Crippen LogP contribution in [0, 0.1) is 0 Å². The molecule has 5 heteroatoms. The summed E-state index contributed by atoms with van der Waals surface area (Å²) in [5.74, 6) is 0. The molecule has 1 aliphatic rings. The number of ether oxygens (including phenoxy) is 1. The highest BCUT2D eigenvalue weighted by atomic mass is 35.5. The van der Waals surface area contributed by atoms with Crippen molar-refractivity contribution in [2.75, 3.05) is 13.2 Å². The largest absolute Gasteiger partial charge is 0.465 e. The van der Waals surface area contributed by atoms with Gasteiger partial charge in [-0.25, -0.2) is 4.79 Å². The second-order valence-corrected chi connectivity index (χ2v) is 2.87. The van der Waals surface area contributed by atoms with E-state index in [1.165, 1.54) is 4.90 Å². The second-order valence-electron chi connectivity index (χ2n) is 2.44. The van der Waals surface area contributed by atoms with Gasteiger partial charge < -0.3 is 9.84 Å². The molecule has 4 nitrogen and oxygen atoms in total. The number of nitrogens with zero attached hydrogens (tertiary/aromatic N) is 1. The average Bonchev–Trinajstić information content (AvgIpc) is 1.94. The number of hydrogen-bond acceptors (Lipinski definition) is 2. The number of hydrogen-bond donors (Lipinski definition) is 1. The first-order chi connectivity index (χ1) is 5.13. The van der Waals surface area contributed by atoms with Crippen molar-refractivity contribution < 1.29 is 14.6 Å². The lowest BCUT2D eigenvalue weighted by Gasteiger charge is -2.34. The number of amides is 1. The zero-order chi connectivity index (χ0) is 8.43. The van der Waals surface area contributed by atoms with E-state index in [9.17, 15) is 4.79 Å². The molecule has 0 saturated carbocycles. The van der Waals surface area contributed by atoms with E-state index in [-0.39, 0.29) is 6.04 Å². The Labute approximate surface area is 69.7 Å². The molecule has 0 bridgehead atoms. The molecule has 1 saturated heterocycles. The minimum atomic E-state index is -0.938. The number of alkyl halides is 1. The summed E-state index contributed by atoms with van der Waals surface area (Å²) in [5.41, 5.74) is -0.514. The van der Waals surface area contributed by atoms with Crippen molar-refractivity contribution in [3.63, 3.8) is 0 Å². The highest BCUT2D eigenvalue weighted by Gasteiger charge is 2.29. The molecule has 1 amide bonds. The van der Waals surface area contributed by atoms with Gasteiger partial charge >= 0.3 is 6.09 Å². The van der Waals surface area contributed by atoms with Gasteiger partial charge in [0, 0.05) is 6.54 Å². The number of halogens is 1. The topological polar surface area (TPSA) is 49.8 Å². The molecule has 1 fully saturated rings. The summed E-state index contributed by atoms with van der Waals surface area (Å²) in [7, 11) is 0. The Morgan fingerprint density at radius 2 is 2.45 bits per heavy atom. The molecule has 0 aromatic heterocycles. The summed E-state index contributed by atoms with van der Waals surface area (Å²) < 4.78 is 5.03. The summed E-state index contributed by atoms with van der Waals surface area (Å²) in [6, 6.07) is -0.261. The van der Waals surface area contributed by atoms with Gasteiger partial charge in [0.25, 0.3) is 0 Å². The molecule has 0 aliphatic carbocycles. The molecule has 0 radical (unpaired) electrons. The molecule has 1 aliphatic heterocycles. The van der Waals surface area contributed by atoms with Gasteiger partial charge in [-0.15, -0.1) is 0 Å². The smallest absolute Gasteiger partial charge is 0.407 e. The summed E-state index contributed by atoms with van der Waals surface area (Å²) in [5, 5.41) is 8.64. The van der Waals surface area contributed by atoms with Crippen LogP contribution in [0.3, 0.4) is 0 Å². The van der Waals surface area contributed by atoms with Crippen molar-refractivity contribution in [3.05, 3.63) is 0 Å². The van der Waals surface area contributed by atoms with Gasteiger partial charge in [0.05, 0.1) is 12.6 Å². The van der Waals surface area contributed by atoms with Crippen LogP contribution < -0.4 is 0 Å². The summed E-state index contributed by atoms with van der Waals surface area (Å²) in [6.45, 7) is 2.51. The molecule has 0 aromatic carbocycles. The van der Waals surface area contributed by atoms with Crippen LogP contribution in [0.5, 0.6) is 0 Å². The minimum Gasteiger partial charge on any atom is -0.465 e. The Hall–Kier alpha value is -0.480. The number of carbonyl (C=O) groups is 1. The van der Waals surface area contributed by atoms with E-state index in [1.54, 1.807) is 6.92 Å². The van der Waals surface area contributed by atoms with Crippen molar-refractivity contribution in [3.8, 4) is 0 Å². The molecule has 1 rings (SSSR count). The first-order valence-corrected chi connectivity index (χ1v) is 3.82. The fraction of sp³-hybridized carbons (Fsp3) is 0.833. The Balaban J connectivity index is 2.58. The maximum Gasteiger partial charge on any atom is 0.407 e. The fourth-order valence-corrected chi connectivity index (χ4v) is 1.24. The van der Waals surface area contributed by atoms with E-state index in [0.29, 0.717) is 13.2 Å². The van der Waals surface area contributed by atoms with Crippen LogP contribution in [0.15, 0.2) is 0 Å². The molecule has 2 unspecified atom stereocenters. The average molecular weight is 180 g/mol. The molecule has 1 N–H and O–H groups in total. The lowest BCUT2D eigenvalue weighted by atomic mass is 10.3. The third kappa shape index (κ3) is 1.75. The van der Waals surface area contributed by atoms with Gasteiger partial charge in [-0.3, -0.25) is 4.90 Å². The third-order valence-electron chi connectivity index (χ3n) is 1.73. The number of rotatable bonds is 0. The standard InChI is InChI=1S/C6H10ClNO3/c1-4-5(7)11-3-2-8(4)6(9)10/h4-5H,2-3H2,1H3,(H,9,10). The van der Waals surface area contributed by atoms with Crippen LogP contribution in [0.25, 0.3) is 0 Å². The van der Waals surface area contributed by atoms with Crippen LogP contribution in [0.4, 0.5) is 4.79 Å². The maximum absolute atomic E-state index is 10.5. The maximum atomic E-state index is 10.5. The van der Waals surface area contributed by atoms with Crippen molar-refractivity contribution in [1.29, 1.82) is 0 Å². The first-order valence-electron chi connectivity index (χ1n) is 3.38. The van der Waals surface area contributed by atoms with Crippen LogP contribution in [0.2, 0.25) is 0 Å². The second kappa shape index (κ2) is 3.28. The molecule has 11 heavy (non-hydrogen) atoms. The van der Waals surface area contributed by atoms with E-state index < -0.39 is 11.7 Å². The van der Waals surface area contributed by atoms with E-state index in [4.69, 9.17) is 21.4 Å². The first kappa shape index (κ1) is 8.62. The molecular formula is C6H10ClNO3. The van der Waals surface area contributed by atoms with Gasteiger partial charge in [0.1, 0.15) is 0 Å². The van der Waals surface area contributed by atoms with E-state index in [1.807, 2.05) is 0 Å². The van der Waals surface area contributed by atoms with E-state index in [0.717, 1.165) is 0 Å². The molecule has 1 heterocycles. The molecular weight excluding hydrogens is 170 g/mol. The fourth-order valence-electron chi connectivity index (χ4n) is 1.02. The highest BCUT2D eigenvalue weighted by Crippen LogP contribution is 2.16. The quantitative estimate of drug-likeness (QED) is 0.564. The van der Waals surface area contributed by atoms with Crippen molar-refractivity contribution >= 4 is 17.7 Å². The molecule has 0 aromatic rings. The van der Waals surface area contributed by atoms with Gasteiger partial charge in [0.2, 0.25) is 0 Å². The monoisotopic (exact) mass is 179 g/mol. The molecule has 64 valence electrons. The zero-order valence-electron chi connectivity index (χ0n) is 6.16. The van der Waals surface area contributed by atoms with Crippen LogP contribution >= 0.6 is 11.6 Å². The lowest BCUT2D eigenvalue weighted by Crippen LogP contribution is -2.49. The summed E-state index contributed by atoms with van der Waals surface area (Å²) >= 11 is 5.68. The summed E-state index contributed by atoms with van der Waals surface area (Å²) in [4.78, 5) is 11.8. The number of morpholine rings is 1. The SMILES string of the molecule is CC1C(Cl)OCCN1C(=O)O. The zero-order valence-corrected chi connectivity index (χ0v) is 6.91. The third-order valence-corrected chi connectivity index (χ3v) is 2.22. The van der Waals surface area contributed by atoms with E-state index >= 15 is 0 Å². The van der Waals surface area contributed by atoms with Crippen molar-refractivity contribution in [1.82, 2.24) is 4.90 Å². The number of carboxylic acid groups (broad SMARTS) is 1. The molecule has 2 atom stereocenters. The van der Waals surface area contributed by atoms with Gasteiger partial charge in [-0.2, -0.15) is 0 Å².